The Kier molecular flexibility index (Phi) is 5.43. The molecule has 1 aliphatic carbocycles. The number of nitro benzene ring substituents is 1. The smallest absolute Gasteiger partial charge is 0.455 e. The van der Waals surface area contributed by atoms with Gasteiger partial charge in [-0.3, -0.25) is 10.1 Å². The number of allylic oxidation sites excluding steroid dienone is 2. The third kappa shape index (κ3) is 3.75. The summed E-state index contributed by atoms with van der Waals surface area (Å²) < 4.78 is 16.0. The highest BCUT2D eigenvalue weighted by Gasteiger charge is 2.48. The molecule has 1 saturated carbocycles. The molecule has 1 unspecified atom stereocenters. The Labute approximate surface area is 179 Å². The predicted molar refractivity (Wildman–Crippen MR) is 109 cm³/mol. The fourth-order valence-corrected chi connectivity index (χ4v) is 4.80. The maximum Gasteiger partial charge on any atom is 0.513 e. The highest BCUT2D eigenvalue weighted by atomic mass is 16.7. The van der Waals surface area contributed by atoms with Gasteiger partial charge in [0, 0.05) is 23.7 Å². The van der Waals surface area contributed by atoms with Crippen molar-refractivity contribution in [3.05, 3.63) is 62.7 Å². The van der Waals surface area contributed by atoms with Gasteiger partial charge in [0.25, 0.3) is 5.69 Å². The van der Waals surface area contributed by atoms with Gasteiger partial charge in [0.1, 0.15) is 11.4 Å². The molecule has 3 aliphatic rings. The first-order valence-electron chi connectivity index (χ1n) is 10.3. The Balaban J connectivity index is 1.85. The van der Waals surface area contributed by atoms with Crippen LogP contribution in [0.15, 0.2) is 47.0 Å². The fourth-order valence-electron chi connectivity index (χ4n) is 4.80. The Morgan fingerprint density at radius 3 is 2.65 bits per heavy atom. The quantitative estimate of drug-likeness (QED) is 0.432. The summed E-state index contributed by atoms with van der Waals surface area (Å²) in [6.45, 7) is 1.71. The van der Waals surface area contributed by atoms with Crippen LogP contribution in [0.4, 0.5) is 10.5 Å². The van der Waals surface area contributed by atoms with Crippen molar-refractivity contribution in [1.29, 1.82) is 0 Å². The van der Waals surface area contributed by atoms with E-state index >= 15 is 0 Å². The topological polar surface area (TPSA) is 117 Å². The van der Waals surface area contributed by atoms with E-state index in [1.165, 1.54) is 13.2 Å². The van der Waals surface area contributed by atoms with Crippen molar-refractivity contribution in [2.75, 3.05) is 7.11 Å². The summed E-state index contributed by atoms with van der Waals surface area (Å²) in [5.41, 5.74) is 0.899. The van der Waals surface area contributed by atoms with E-state index in [0.717, 1.165) is 32.1 Å². The number of methoxy groups -OCH3 is 1. The summed E-state index contributed by atoms with van der Waals surface area (Å²) in [7, 11) is 1.17. The number of esters is 1. The second-order valence-electron chi connectivity index (χ2n) is 8.12. The molecule has 2 aliphatic heterocycles. The van der Waals surface area contributed by atoms with Gasteiger partial charge in [-0.25, -0.2) is 9.59 Å². The lowest BCUT2D eigenvalue weighted by atomic mass is 9.75. The molecule has 4 rings (SSSR count). The van der Waals surface area contributed by atoms with Crippen molar-refractivity contribution in [2.45, 2.75) is 57.0 Å². The summed E-state index contributed by atoms with van der Waals surface area (Å²) in [6, 6.07) is 6.11. The Hall–Kier alpha value is -3.36. The largest absolute Gasteiger partial charge is 0.513 e. The minimum Gasteiger partial charge on any atom is -0.455 e. The number of dihydropyridines is 1. The molecule has 0 saturated heterocycles. The molecule has 31 heavy (non-hydrogen) atoms. The van der Waals surface area contributed by atoms with Crippen LogP contribution in [0, 0.1) is 10.1 Å². The van der Waals surface area contributed by atoms with E-state index in [9.17, 15) is 19.7 Å². The van der Waals surface area contributed by atoms with Gasteiger partial charge in [0.05, 0.1) is 29.2 Å². The molecule has 1 spiro atoms. The van der Waals surface area contributed by atoms with Crippen LogP contribution in [0.5, 0.6) is 0 Å². The molecule has 164 valence electrons. The van der Waals surface area contributed by atoms with E-state index in [2.05, 4.69) is 10.1 Å². The van der Waals surface area contributed by atoms with Crippen LogP contribution in [-0.4, -0.2) is 29.8 Å². The Morgan fingerprint density at radius 1 is 1.26 bits per heavy atom. The number of hydrogen-bond acceptors (Lipinski definition) is 8. The van der Waals surface area contributed by atoms with Crippen LogP contribution in [0.25, 0.3) is 0 Å². The predicted octanol–water partition coefficient (Wildman–Crippen LogP) is 4.20. The van der Waals surface area contributed by atoms with Crippen LogP contribution in [0.1, 0.15) is 56.9 Å². The van der Waals surface area contributed by atoms with Gasteiger partial charge in [-0.2, -0.15) is 0 Å². The number of ether oxygens (including phenoxy) is 3. The van der Waals surface area contributed by atoms with E-state index in [0.29, 0.717) is 17.8 Å². The van der Waals surface area contributed by atoms with E-state index in [4.69, 9.17) is 9.47 Å². The number of nitrogens with one attached hydrogen (secondary N) is 1. The van der Waals surface area contributed by atoms with Gasteiger partial charge in [-0.05, 0) is 32.6 Å². The van der Waals surface area contributed by atoms with Crippen molar-refractivity contribution in [2.24, 2.45) is 0 Å². The zero-order valence-electron chi connectivity index (χ0n) is 17.4. The molecule has 0 radical (unpaired) electrons. The SMILES string of the molecule is COC(=O)OC1=C(C)NC2=C(C(=O)OC3(CCCCC3)C2)C1c1ccccc1[N+](=O)[O-]. The van der Waals surface area contributed by atoms with Crippen molar-refractivity contribution in [1.82, 2.24) is 5.32 Å². The molecule has 1 aromatic carbocycles. The molecule has 0 bridgehead atoms. The van der Waals surface area contributed by atoms with Crippen molar-refractivity contribution in [3.63, 3.8) is 0 Å². The van der Waals surface area contributed by atoms with Gasteiger partial charge in [-0.15, -0.1) is 0 Å². The summed E-state index contributed by atoms with van der Waals surface area (Å²) >= 11 is 0. The van der Waals surface area contributed by atoms with E-state index < -0.39 is 28.6 Å². The third-order valence-corrected chi connectivity index (χ3v) is 6.18. The second-order valence-corrected chi connectivity index (χ2v) is 8.12. The van der Waals surface area contributed by atoms with Crippen molar-refractivity contribution in [3.8, 4) is 0 Å². The lowest BCUT2D eigenvalue weighted by Crippen LogP contribution is -2.46. The lowest BCUT2D eigenvalue weighted by molar-refractivity contribution is -0.385. The molecule has 0 aromatic heterocycles. The molecule has 9 nitrogen and oxygen atoms in total. The molecule has 1 atom stereocenters. The molecule has 1 fully saturated rings. The van der Waals surface area contributed by atoms with Gasteiger partial charge < -0.3 is 19.5 Å². The minimum absolute atomic E-state index is 0.0800. The normalized spacial score (nSPS) is 22.4. The summed E-state index contributed by atoms with van der Waals surface area (Å²) in [6.07, 6.45) is 4.14. The maximum atomic E-state index is 13.3. The van der Waals surface area contributed by atoms with Gasteiger partial charge in [0.2, 0.25) is 0 Å². The maximum absolute atomic E-state index is 13.3. The fraction of sp³-hybridized carbons (Fsp3) is 0.455. The van der Waals surface area contributed by atoms with Gasteiger partial charge >= 0.3 is 12.1 Å². The standard InChI is InChI=1S/C22H24N2O7/c1-13-19(30-21(26)29-2)17(14-8-4-5-9-16(14)24(27)28)18-15(23-13)12-22(31-20(18)25)10-6-3-7-11-22/h4-5,8-9,17,23H,3,6-7,10-12H2,1-2H3. The van der Waals surface area contributed by atoms with Crippen LogP contribution in [0.2, 0.25) is 0 Å². The Bertz CT molecular complexity index is 1000. The number of para-hydroxylation sites is 1. The number of benzene rings is 1. The van der Waals surface area contributed by atoms with Gasteiger partial charge in [0.15, 0.2) is 0 Å². The third-order valence-electron chi connectivity index (χ3n) is 6.18. The second kappa shape index (κ2) is 8.05. The first-order valence-corrected chi connectivity index (χ1v) is 10.3. The first-order chi connectivity index (χ1) is 14.8. The molecule has 1 N–H and O–H groups in total. The number of carbonyl (C=O) groups excluding carboxylic acids is 2. The summed E-state index contributed by atoms with van der Waals surface area (Å²) in [4.78, 5) is 36.4. The average molecular weight is 428 g/mol. The highest BCUT2D eigenvalue weighted by molar-refractivity contribution is 5.94. The summed E-state index contributed by atoms with van der Waals surface area (Å²) in [5.74, 6) is -1.43. The lowest BCUT2D eigenvalue weighted by Gasteiger charge is -2.44. The van der Waals surface area contributed by atoms with Crippen LogP contribution >= 0.6 is 0 Å². The zero-order valence-corrected chi connectivity index (χ0v) is 17.4. The molecular formula is C22H24N2O7. The van der Waals surface area contributed by atoms with Crippen LogP contribution < -0.4 is 5.32 Å². The number of nitro groups is 1. The van der Waals surface area contributed by atoms with Crippen LogP contribution in [0.3, 0.4) is 0 Å². The minimum atomic E-state index is -0.975. The number of hydrogen-bond donors (Lipinski definition) is 1. The monoisotopic (exact) mass is 428 g/mol. The first kappa shape index (κ1) is 20.9. The number of carbonyl (C=O) groups is 2. The van der Waals surface area contributed by atoms with E-state index in [1.807, 2.05) is 0 Å². The molecular weight excluding hydrogens is 404 g/mol. The molecule has 9 heteroatoms. The van der Waals surface area contributed by atoms with Crippen molar-refractivity contribution < 1.29 is 28.7 Å². The number of nitrogens with zero attached hydrogens (tertiary/aromatic N) is 1. The average Bonchev–Trinajstić information content (AvgIpc) is 2.74. The van der Waals surface area contributed by atoms with Gasteiger partial charge in [-0.1, -0.05) is 24.6 Å². The molecule has 0 amide bonds. The number of rotatable bonds is 3. The zero-order chi connectivity index (χ0) is 22.2. The van der Waals surface area contributed by atoms with E-state index in [-0.39, 0.29) is 22.6 Å². The molecule has 2 heterocycles. The van der Waals surface area contributed by atoms with Crippen LogP contribution in [-0.2, 0) is 19.0 Å². The summed E-state index contributed by atoms with van der Waals surface area (Å²) in [5, 5.41) is 14.9. The van der Waals surface area contributed by atoms with E-state index in [1.54, 1.807) is 25.1 Å². The van der Waals surface area contributed by atoms with Crippen molar-refractivity contribution >= 4 is 17.8 Å². The molecule has 1 aromatic rings. The Morgan fingerprint density at radius 2 is 1.97 bits per heavy atom. The highest BCUT2D eigenvalue weighted by Crippen LogP contribution is 2.49.